The molecular weight excluding hydrogens is 286 g/mol. The number of hydrogen-bond donors (Lipinski definition) is 1. The van der Waals surface area contributed by atoms with Gasteiger partial charge in [0.15, 0.2) is 0 Å². The van der Waals surface area contributed by atoms with Gasteiger partial charge in [0, 0.05) is 18.3 Å². The summed E-state index contributed by atoms with van der Waals surface area (Å²) in [5.41, 5.74) is 2.37. The fourth-order valence-electron chi connectivity index (χ4n) is 2.26. The van der Waals surface area contributed by atoms with Crippen molar-refractivity contribution in [2.45, 2.75) is 39.7 Å². The normalized spacial score (nSPS) is 10.9. The lowest BCUT2D eigenvalue weighted by molar-refractivity contribution is 0.242. The summed E-state index contributed by atoms with van der Waals surface area (Å²) < 4.78 is 11.5. The van der Waals surface area contributed by atoms with Crippen LogP contribution in [-0.4, -0.2) is 19.3 Å². The quantitative estimate of drug-likeness (QED) is 0.689. The SMILES string of the molecule is CC(C)Oc1cccc(NCCOc2ccc(C(C)C)cc2)c1. The fraction of sp³-hybridized carbons (Fsp3) is 0.400. The van der Waals surface area contributed by atoms with Gasteiger partial charge in [-0.15, -0.1) is 0 Å². The third-order valence-corrected chi connectivity index (χ3v) is 3.45. The molecule has 0 saturated carbocycles. The highest BCUT2D eigenvalue weighted by atomic mass is 16.5. The third kappa shape index (κ3) is 5.85. The van der Waals surface area contributed by atoms with Crippen LogP contribution in [-0.2, 0) is 0 Å². The van der Waals surface area contributed by atoms with Crippen molar-refractivity contribution in [2.24, 2.45) is 0 Å². The van der Waals surface area contributed by atoms with Crippen LogP contribution in [0.2, 0.25) is 0 Å². The highest BCUT2D eigenvalue weighted by Gasteiger charge is 2.01. The number of anilines is 1. The average Bonchev–Trinajstić information content (AvgIpc) is 2.52. The molecule has 0 aromatic heterocycles. The lowest BCUT2D eigenvalue weighted by atomic mass is 10.0. The van der Waals surface area contributed by atoms with Crippen LogP contribution in [0.1, 0.15) is 39.2 Å². The summed E-state index contributed by atoms with van der Waals surface area (Å²) in [5, 5.41) is 3.35. The van der Waals surface area contributed by atoms with Crippen molar-refractivity contribution >= 4 is 5.69 Å². The van der Waals surface area contributed by atoms with E-state index in [2.05, 4.69) is 31.3 Å². The first-order valence-corrected chi connectivity index (χ1v) is 8.28. The maximum Gasteiger partial charge on any atom is 0.121 e. The number of hydrogen-bond acceptors (Lipinski definition) is 3. The van der Waals surface area contributed by atoms with Crippen LogP contribution >= 0.6 is 0 Å². The van der Waals surface area contributed by atoms with E-state index in [9.17, 15) is 0 Å². The minimum Gasteiger partial charge on any atom is -0.492 e. The molecule has 0 aliphatic rings. The highest BCUT2D eigenvalue weighted by Crippen LogP contribution is 2.19. The van der Waals surface area contributed by atoms with Gasteiger partial charge >= 0.3 is 0 Å². The zero-order chi connectivity index (χ0) is 16.7. The Kier molecular flexibility index (Phi) is 6.33. The predicted molar refractivity (Wildman–Crippen MR) is 96.7 cm³/mol. The maximum absolute atomic E-state index is 5.76. The van der Waals surface area contributed by atoms with E-state index in [0.717, 1.165) is 23.7 Å². The molecule has 2 rings (SSSR count). The average molecular weight is 313 g/mol. The van der Waals surface area contributed by atoms with Crippen molar-refractivity contribution in [2.75, 3.05) is 18.5 Å². The molecule has 0 bridgehead atoms. The molecular formula is C20H27NO2. The van der Waals surface area contributed by atoms with Gasteiger partial charge in [0.25, 0.3) is 0 Å². The molecule has 0 saturated heterocycles. The summed E-state index contributed by atoms with van der Waals surface area (Å²) in [6, 6.07) is 16.3. The zero-order valence-corrected chi connectivity index (χ0v) is 14.5. The lowest BCUT2D eigenvalue weighted by Gasteiger charge is -2.13. The second-order valence-electron chi connectivity index (χ2n) is 6.19. The first kappa shape index (κ1) is 17.2. The molecule has 23 heavy (non-hydrogen) atoms. The molecule has 2 aromatic rings. The van der Waals surface area contributed by atoms with Crippen LogP contribution < -0.4 is 14.8 Å². The Hall–Kier alpha value is -2.16. The van der Waals surface area contributed by atoms with Crippen LogP contribution in [0.15, 0.2) is 48.5 Å². The Bertz CT molecular complexity index is 591. The van der Waals surface area contributed by atoms with Crippen molar-refractivity contribution < 1.29 is 9.47 Å². The van der Waals surface area contributed by atoms with E-state index in [1.54, 1.807) is 0 Å². The molecule has 0 atom stereocenters. The second kappa shape index (κ2) is 8.47. The van der Waals surface area contributed by atoms with E-state index >= 15 is 0 Å². The molecule has 0 aliphatic carbocycles. The van der Waals surface area contributed by atoms with Crippen LogP contribution in [0.4, 0.5) is 5.69 Å². The molecule has 0 amide bonds. The van der Waals surface area contributed by atoms with Gasteiger partial charge in [0.1, 0.15) is 18.1 Å². The van der Waals surface area contributed by atoms with Crippen LogP contribution in [0.3, 0.4) is 0 Å². The monoisotopic (exact) mass is 313 g/mol. The minimum atomic E-state index is 0.183. The molecule has 3 heteroatoms. The molecule has 1 N–H and O–H groups in total. The maximum atomic E-state index is 5.76. The van der Waals surface area contributed by atoms with Crippen LogP contribution in [0.5, 0.6) is 11.5 Å². The molecule has 0 fully saturated rings. The summed E-state index contributed by atoms with van der Waals surface area (Å²) in [6.45, 7) is 9.80. The van der Waals surface area contributed by atoms with Gasteiger partial charge in [-0.05, 0) is 49.6 Å². The topological polar surface area (TPSA) is 30.5 Å². The standard InChI is InChI=1S/C20H27NO2/c1-15(2)17-8-10-19(11-9-17)22-13-12-21-18-6-5-7-20(14-18)23-16(3)4/h5-11,14-16,21H,12-13H2,1-4H3. The largest absolute Gasteiger partial charge is 0.492 e. The summed E-state index contributed by atoms with van der Waals surface area (Å²) in [5.74, 6) is 2.34. The first-order valence-electron chi connectivity index (χ1n) is 8.28. The van der Waals surface area contributed by atoms with Crippen LogP contribution in [0.25, 0.3) is 0 Å². The van der Waals surface area contributed by atoms with Gasteiger partial charge in [0.2, 0.25) is 0 Å². The number of nitrogens with one attached hydrogen (secondary N) is 1. The van der Waals surface area contributed by atoms with Crippen molar-refractivity contribution in [1.82, 2.24) is 0 Å². The van der Waals surface area contributed by atoms with E-state index in [0.29, 0.717) is 12.5 Å². The van der Waals surface area contributed by atoms with Crippen molar-refractivity contribution in [3.63, 3.8) is 0 Å². The van der Waals surface area contributed by atoms with Gasteiger partial charge in [-0.3, -0.25) is 0 Å². The van der Waals surface area contributed by atoms with Crippen LogP contribution in [0, 0.1) is 0 Å². The molecule has 124 valence electrons. The van der Waals surface area contributed by atoms with E-state index in [-0.39, 0.29) is 6.10 Å². The predicted octanol–water partition coefficient (Wildman–Crippen LogP) is 5.09. The van der Waals surface area contributed by atoms with E-state index < -0.39 is 0 Å². The van der Waals surface area contributed by atoms with Gasteiger partial charge < -0.3 is 14.8 Å². The minimum absolute atomic E-state index is 0.183. The van der Waals surface area contributed by atoms with Crippen molar-refractivity contribution in [3.8, 4) is 11.5 Å². The lowest BCUT2D eigenvalue weighted by Crippen LogP contribution is -2.12. The second-order valence-corrected chi connectivity index (χ2v) is 6.19. The summed E-state index contributed by atoms with van der Waals surface area (Å²) >= 11 is 0. The van der Waals surface area contributed by atoms with Gasteiger partial charge in [-0.2, -0.15) is 0 Å². The van der Waals surface area contributed by atoms with E-state index in [4.69, 9.17) is 9.47 Å². The molecule has 3 nitrogen and oxygen atoms in total. The third-order valence-electron chi connectivity index (χ3n) is 3.45. The molecule has 0 radical (unpaired) electrons. The van der Waals surface area contributed by atoms with Gasteiger partial charge in [-0.1, -0.05) is 32.0 Å². The smallest absolute Gasteiger partial charge is 0.121 e. The Morgan fingerprint density at radius 2 is 1.65 bits per heavy atom. The zero-order valence-electron chi connectivity index (χ0n) is 14.5. The summed E-state index contributed by atoms with van der Waals surface area (Å²) in [7, 11) is 0. The molecule has 0 spiro atoms. The summed E-state index contributed by atoms with van der Waals surface area (Å²) in [6.07, 6.45) is 0.183. The summed E-state index contributed by atoms with van der Waals surface area (Å²) in [4.78, 5) is 0. The Morgan fingerprint density at radius 3 is 2.30 bits per heavy atom. The molecule has 0 aliphatic heterocycles. The number of benzene rings is 2. The van der Waals surface area contributed by atoms with E-state index in [1.807, 2.05) is 50.2 Å². The number of ether oxygens (including phenoxy) is 2. The van der Waals surface area contributed by atoms with Crippen molar-refractivity contribution in [1.29, 1.82) is 0 Å². The first-order chi connectivity index (χ1) is 11.0. The Labute approximate surface area is 139 Å². The fourth-order valence-corrected chi connectivity index (χ4v) is 2.26. The van der Waals surface area contributed by atoms with Crippen molar-refractivity contribution in [3.05, 3.63) is 54.1 Å². The van der Waals surface area contributed by atoms with E-state index in [1.165, 1.54) is 5.56 Å². The molecule has 0 heterocycles. The highest BCUT2D eigenvalue weighted by molar-refractivity contribution is 5.48. The van der Waals surface area contributed by atoms with Gasteiger partial charge in [-0.25, -0.2) is 0 Å². The Balaban J connectivity index is 1.76. The number of rotatable bonds is 8. The van der Waals surface area contributed by atoms with Gasteiger partial charge in [0.05, 0.1) is 6.10 Å². The molecule has 2 aromatic carbocycles. The molecule has 0 unspecified atom stereocenters. The Morgan fingerprint density at radius 1 is 0.913 bits per heavy atom.